The molecule has 0 radical (unpaired) electrons. The summed E-state index contributed by atoms with van der Waals surface area (Å²) in [5.41, 5.74) is 0. The number of halogens is 2. The van der Waals surface area contributed by atoms with Crippen molar-refractivity contribution in [1.82, 2.24) is 10.2 Å². The fourth-order valence-electron chi connectivity index (χ4n) is 3.36. The van der Waals surface area contributed by atoms with E-state index in [1.165, 1.54) is 6.42 Å². The van der Waals surface area contributed by atoms with Crippen LogP contribution in [0.2, 0.25) is 5.02 Å². The number of ether oxygens (including phenoxy) is 2. The Morgan fingerprint density at radius 3 is 2.38 bits per heavy atom. The van der Waals surface area contributed by atoms with Gasteiger partial charge < -0.3 is 14.8 Å². The second kappa shape index (κ2) is 11.9. The average molecular weight is 439 g/mol. The predicted octanol–water partition coefficient (Wildman–Crippen LogP) is 4.92. The molecule has 5 nitrogen and oxygen atoms in total. The third-order valence-corrected chi connectivity index (χ3v) is 5.06. The summed E-state index contributed by atoms with van der Waals surface area (Å²) in [6, 6.07) is 15.4. The molecule has 0 saturated carbocycles. The van der Waals surface area contributed by atoms with E-state index in [-0.39, 0.29) is 18.3 Å². The van der Waals surface area contributed by atoms with Crippen LogP contribution in [-0.2, 0) is 4.79 Å². The predicted molar refractivity (Wildman–Crippen MR) is 119 cm³/mol. The zero-order valence-electron chi connectivity index (χ0n) is 16.6. The van der Waals surface area contributed by atoms with E-state index in [0.29, 0.717) is 17.7 Å². The summed E-state index contributed by atoms with van der Waals surface area (Å²) in [5, 5.41) is 3.54. The van der Waals surface area contributed by atoms with E-state index >= 15 is 0 Å². The maximum absolute atomic E-state index is 10.9. The quantitative estimate of drug-likeness (QED) is 0.564. The van der Waals surface area contributed by atoms with E-state index in [1.807, 2.05) is 36.4 Å². The van der Waals surface area contributed by atoms with Crippen molar-refractivity contribution in [2.75, 3.05) is 26.2 Å². The lowest BCUT2D eigenvalue weighted by Gasteiger charge is -2.24. The molecule has 2 aromatic rings. The van der Waals surface area contributed by atoms with Gasteiger partial charge in [0.1, 0.15) is 23.9 Å². The second-order valence-electron chi connectivity index (χ2n) is 7.01. The Morgan fingerprint density at radius 1 is 1.10 bits per heavy atom. The SMILES string of the molecule is CC(=O)NCCCN1CCC[C@H]1COc1ccc(Oc2ccc(Cl)cc2)cc1.Cl. The molecule has 7 heteroatoms. The first-order chi connectivity index (χ1) is 13.6. The molecule has 3 rings (SSSR count). The second-order valence-corrected chi connectivity index (χ2v) is 7.44. The van der Waals surface area contributed by atoms with Gasteiger partial charge in [0.15, 0.2) is 0 Å². The van der Waals surface area contributed by atoms with E-state index in [0.717, 1.165) is 49.7 Å². The van der Waals surface area contributed by atoms with Crippen LogP contribution in [0.15, 0.2) is 48.5 Å². The van der Waals surface area contributed by atoms with Crippen LogP contribution in [0.25, 0.3) is 0 Å². The van der Waals surface area contributed by atoms with Crippen LogP contribution in [0.3, 0.4) is 0 Å². The normalized spacial score (nSPS) is 16.1. The van der Waals surface area contributed by atoms with Crippen LogP contribution >= 0.6 is 24.0 Å². The Bertz CT molecular complexity index is 754. The minimum absolute atomic E-state index is 0. The number of nitrogens with one attached hydrogen (secondary N) is 1. The summed E-state index contributed by atoms with van der Waals surface area (Å²) >= 11 is 5.89. The number of rotatable bonds is 9. The molecule has 1 N–H and O–H groups in total. The van der Waals surface area contributed by atoms with E-state index in [2.05, 4.69) is 10.2 Å². The number of amides is 1. The maximum Gasteiger partial charge on any atom is 0.216 e. The fraction of sp³-hybridized carbons (Fsp3) is 0.409. The molecule has 0 spiro atoms. The molecule has 29 heavy (non-hydrogen) atoms. The first-order valence-electron chi connectivity index (χ1n) is 9.75. The summed E-state index contributed by atoms with van der Waals surface area (Å²) in [6.45, 7) is 5.05. The lowest BCUT2D eigenvalue weighted by Crippen LogP contribution is -2.36. The fourth-order valence-corrected chi connectivity index (χ4v) is 3.49. The Balaban J connectivity index is 0.00000300. The summed E-state index contributed by atoms with van der Waals surface area (Å²) < 4.78 is 11.8. The van der Waals surface area contributed by atoms with Crippen molar-refractivity contribution in [1.29, 1.82) is 0 Å². The van der Waals surface area contributed by atoms with Crippen LogP contribution in [0.1, 0.15) is 26.2 Å². The molecule has 1 heterocycles. The molecule has 0 bridgehead atoms. The number of likely N-dealkylation sites (tertiary alicyclic amines) is 1. The highest BCUT2D eigenvalue weighted by molar-refractivity contribution is 6.30. The minimum atomic E-state index is 0. The number of hydrogen-bond acceptors (Lipinski definition) is 4. The van der Waals surface area contributed by atoms with Crippen molar-refractivity contribution in [3.63, 3.8) is 0 Å². The molecule has 0 unspecified atom stereocenters. The van der Waals surface area contributed by atoms with Gasteiger partial charge in [0.05, 0.1) is 0 Å². The third-order valence-electron chi connectivity index (χ3n) is 4.81. The molecule has 1 atom stereocenters. The molecule has 1 saturated heterocycles. The number of hydrogen-bond donors (Lipinski definition) is 1. The van der Waals surface area contributed by atoms with Gasteiger partial charge in [-0.1, -0.05) is 11.6 Å². The van der Waals surface area contributed by atoms with Crippen LogP contribution in [0.4, 0.5) is 0 Å². The van der Waals surface area contributed by atoms with E-state index in [1.54, 1.807) is 19.1 Å². The van der Waals surface area contributed by atoms with Gasteiger partial charge >= 0.3 is 0 Å². The highest BCUT2D eigenvalue weighted by Crippen LogP contribution is 2.26. The molecular weight excluding hydrogens is 411 g/mol. The van der Waals surface area contributed by atoms with Gasteiger partial charge in [-0.25, -0.2) is 0 Å². The molecule has 1 fully saturated rings. The standard InChI is InChI=1S/C22H27ClN2O3.ClH/c1-17(26)24-13-3-15-25-14-2-4-19(25)16-27-20-9-11-22(12-10-20)28-21-7-5-18(23)6-8-21;/h5-12,19H,2-4,13-16H2,1H3,(H,24,26);1H/t19-;/m0./s1. The molecule has 1 aliphatic rings. The number of nitrogens with zero attached hydrogens (tertiary/aromatic N) is 1. The summed E-state index contributed by atoms with van der Waals surface area (Å²) in [6.07, 6.45) is 3.31. The van der Waals surface area contributed by atoms with E-state index in [9.17, 15) is 4.79 Å². The van der Waals surface area contributed by atoms with Gasteiger partial charge in [-0.3, -0.25) is 9.69 Å². The Hall–Kier alpha value is -1.95. The first-order valence-corrected chi connectivity index (χ1v) is 10.1. The van der Waals surface area contributed by atoms with E-state index in [4.69, 9.17) is 21.1 Å². The molecule has 0 aromatic heterocycles. The van der Waals surface area contributed by atoms with Crippen molar-refractivity contribution in [2.24, 2.45) is 0 Å². The molecule has 1 amide bonds. The number of benzene rings is 2. The molecule has 1 aliphatic heterocycles. The van der Waals surface area contributed by atoms with Gasteiger partial charge in [-0.2, -0.15) is 0 Å². The van der Waals surface area contributed by atoms with Gasteiger partial charge in [-0.15, -0.1) is 12.4 Å². The van der Waals surface area contributed by atoms with E-state index < -0.39 is 0 Å². The van der Waals surface area contributed by atoms with Crippen molar-refractivity contribution >= 4 is 29.9 Å². The van der Waals surface area contributed by atoms with Crippen molar-refractivity contribution < 1.29 is 14.3 Å². The number of carbonyl (C=O) groups excluding carboxylic acids is 1. The Kier molecular flexibility index (Phi) is 9.58. The third kappa shape index (κ3) is 7.77. The highest BCUT2D eigenvalue weighted by atomic mass is 35.5. The van der Waals surface area contributed by atoms with Crippen LogP contribution < -0.4 is 14.8 Å². The zero-order valence-corrected chi connectivity index (χ0v) is 18.2. The highest BCUT2D eigenvalue weighted by Gasteiger charge is 2.24. The first kappa shape index (κ1) is 23.3. The molecule has 0 aliphatic carbocycles. The van der Waals surface area contributed by atoms with Crippen LogP contribution in [-0.4, -0.2) is 43.1 Å². The molecular formula is C22H28Cl2N2O3. The van der Waals surface area contributed by atoms with Gasteiger partial charge in [0, 0.05) is 31.1 Å². The minimum Gasteiger partial charge on any atom is -0.492 e. The maximum atomic E-state index is 10.9. The summed E-state index contributed by atoms with van der Waals surface area (Å²) in [4.78, 5) is 13.4. The Morgan fingerprint density at radius 2 is 1.72 bits per heavy atom. The Labute approximate surface area is 183 Å². The smallest absolute Gasteiger partial charge is 0.216 e. The lowest BCUT2D eigenvalue weighted by atomic mass is 10.2. The van der Waals surface area contributed by atoms with Crippen molar-refractivity contribution in [3.05, 3.63) is 53.6 Å². The average Bonchev–Trinajstić information content (AvgIpc) is 3.14. The van der Waals surface area contributed by atoms with Gasteiger partial charge in [0.25, 0.3) is 0 Å². The van der Waals surface area contributed by atoms with Gasteiger partial charge in [-0.05, 0) is 74.3 Å². The zero-order chi connectivity index (χ0) is 19.8. The monoisotopic (exact) mass is 438 g/mol. The van der Waals surface area contributed by atoms with Crippen LogP contribution in [0, 0.1) is 0 Å². The number of carbonyl (C=O) groups is 1. The van der Waals surface area contributed by atoms with Crippen molar-refractivity contribution in [2.45, 2.75) is 32.2 Å². The van der Waals surface area contributed by atoms with Crippen molar-refractivity contribution in [3.8, 4) is 17.2 Å². The molecule has 158 valence electrons. The topological polar surface area (TPSA) is 50.8 Å². The molecule has 2 aromatic carbocycles. The summed E-state index contributed by atoms with van der Waals surface area (Å²) in [7, 11) is 0. The lowest BCUT2D eigenvalue weighted by molar-refractivity contribution is -0.118. The summed E-state index contributed by atoms with van der Waals surface area (Å²) in [5.74, 6) is 2.38. The van der Waals surface area contributed by atoms with Crippen LogP contribution in [0.5, 0.6) is 17.2 Å². The van der Waals surface area contributed by atoms with Gasteiger partial charge in [0.2, 0.25) is 5.91 Å². The largest absolute Gasteiger partial charge is 0.492 e.